The molecular formula is C20H15ClFN3O6. The molecule has 160 valence electrons. The molecule has 11 heteroatoms. The van der Waals surface area contributed by atoms with Crippen molar-refractivity contribution >= 4 is 29.4 Å². The largest absolute Gasteiger partial charge is 0.493 e. The van der Waals surface area contributed by atoms with Crippen molar-refractivity contribution in [2.45, 2.75) is 6.61 Å². The van der Waals surface area contributed by atoms with Crippen LogP contribution in [0.2, 0.25) is 5.02 Å². The molecule has 2 aromatic carbocycles. The standard InChI is InChI=1S/C20H15ClFN3O6/c1-30-16-8-6-11(5-7-15-18(25(28)29)19(26)24-20(27)23-15)9-17(16)31-10-12-13(21)3-2-4-14(12)22/h2-9H,10H2,1H3,(H2,23,24,26,27). The van der Waals surface area contributed by atoms with Gasteiger partial charge in [0.05, 0.1) is 17.1 Å². The quantitative estimate of drug-likeness (QED) is 0.421. The molecule has 3 rings (SSSR count). The molecule has 0 amide bonds. The Balaban J connectivity index is 1.92. The number of benzene rings is 2. The maximum Gasteiger partial charge on any atom is 0.357 e. The first-order chi connectivity index (χ1) is 14.8. The van der Waals surface area contributed by atoms with Crippen LogP contribution in [0.15, 0.2) is 46.0 Å². The van der Waals surface area contributed by atoms with Crippen LogP contribution in [-0.4, -0.2) is 22.0 Å². The van der Waals surface area contributed by atoms with E-state index < -0.39 is 27.7 Å². The number of nitrogens with zero attached hydrogens (tertiary/aromatic N) is 1. The molecule has 0 fully saturated rings. The number of methoxy groups -OCH3 is 1. The van der Waals surface area contributed by atoms with Gasteiger partial charge in [-0.3, -0.25) is 19.9 Å². The van der Waals surface area contributed by atoms with Gasteiger partial charge in [-0.15, -0.1) is 0 Å². The fourth-order valence-electron chi connectivity index (χ4n) is 2.71. The number of rotatable bonds is 7. The number of hydrogen-bond acceptors (Lipinski definition) is 6. The van der Waals surface area contributed by atoms with Gasteiger partial charge in [0.15, 0.2) is 11.5 Å². The molecule has 0 aliphatic rings. The second-order valence-corrected chi connectivity index (χ2v) is 6.57. The number of H-pyrrole nitrogens is 2. The van der Waals surface area contributed by atoms with Crippen molar-refractivity contribution in [2.75, 3.05) is 7.11 Å². The van der Waals surface area contributed by atoms with Crippen LogP contribution in [0.5, 0.6) is 11.5 Å². The van der Waals surface area contributed by atoms with E-state index in [1.54, 1.807) is 23.2 Å². The Morgan fingerprint density at radius 1 is 1.16 bits per heavy atom. The van der Waals surface area contributed by atoms with Gasteiger partial charge in [0, 0.05) is 5.56 Å². The summed E-state index contributed by atoms with van der Waals surface area (Å²) in [6.07, 6.45) is 2.65. The molecule has 3 aromatic rings. The van der Waals surface area contributed by atoms with Crippen molar-refractivity contribution in [3.05, 3.63) is 95.0 Å². The third-order valence-electron chi connectivity index (χ3n) is 4.19. The van der Waals surface area contributed by atoms with E-state index in [0.29, 0.717) is 11.3 Å². The van der Waals surface area contributed by atoms with Crippen molar-refractivity contribution in [3.8, 4) is 11.5 Å². The summed E-state index contributed by atoms with van der Waals surface area (Å²) in [5.74, 6) is 0.103. The molecule has 0 unspecified atom stereocenters. The van der Waals surface area contributed by atoms with E-state index in [2.05, 4.69) is 4.98 Å². The van der Waals surface area contributed by atoms with Crippen molar-refractivity contribution in [2.24, 2.45) is 0 Å². The van der Waals surface area contributed by atoms with Crippen molar-refractivity contribution in [3.63, 3.8) is 0 Å². The molecule has 0 aliphatic heterocycles. The van der Waals surface area contributed by atoms with E-state index in [-0.39, 0.29) is 28.6 Å². The minimum Gasteiger partial charge on any atom is -0.493 e. The lowest BCUT2D eigenvalue weighted by molar-refractivity contribution is -0.386. The van der Waals surface area contributed by atoms with Crippen LogP contribution < -0.4 is 20.7 Å². The van der Waals surface area contributed by atoms with E-state index in [1.165, 1.54) is 37.5 Å². The molecular weight excluding hydrogens is 433 g/mol. The first-order valence-corrected chi connectivity index (χ1v) is 9.10. The minimum atomic E-state index is -1.12. The molecule has 31 heavy (non-hydrogen) atoms. The Morgan fingerprint density at radius 2 is 1.94 bits per heavy atom. The number of aromatic nitrogens is 2. The fraction of sp³-hybridized carbons (Fsp3) is 0.100. The van der Waals surface area contributed by atoms with E-state index in [9.17, 15) is 24.1 Å². The lowest BCUT2D eigenvalue weighted by Crippen LogP contribution is -2.25. The lowest BCUT2D eigenvalue weighted by Gasteiger charge is -2.12. The van der Waals surface area contributed by atoms with Gasteiger partial charge in [0.25, 0.3) is 0 Å². The van der Waals surface area contributed by atoms with E-state index >= 15 is 0 Å². The Bertz CT molecular complexity index is 1260. The summed E-state index contributed by atoms with van der Waals surface area (Å²) in [7, 11) is 1.43. The number of aromatic amines is 2. The highest BCUT2D eigenvalue weighted by Crippen LogP contribution is 2.31. The predicted octanol–water partition coefficient (Wildman–Crippen LogP) is 3.52. The van der Waals surface area contributed by atoms with Crippen LogP contribution in [0.1, 0.15) is 16.8 Å². The molecule has 2 N–H and O–H groups in total. The topological polar surface area (TPSA) is 127 Å². The average molecular weight is 448 g/mol. The van der Waals surface area contributed by atoms with E-state index in [0.717, 1.165) is 0 Å². The van der Waals surface area contributed by atoms with E-state index in [1.807, 2.05) is 0 Å². The molecule has 0 bridgehead atoms. The first kappa shape index (κ1) is 21.8. The molecule has 0 atom stereocenters. The maximum atomic E-state index is 14.0. The van der Waals surface area contributed by atoms with Gasteiger partial charge in [0.1, 0.15) is 18.1 Å². The summed E-state index contributed by atoms with van der Waals surface area (Å²) < 4.78 is 24.9. The number of ether oxygens (including phenoxy) is 2. The van der Waals surface area contributed by atoms with Crippen LogP contribution in [0.4, 0.5) is 10.1 Å². The Hall–Kier alpha value is -3.92. The van der Waals surface area contributed by atoms with Crippen LogP contribution in [-0.2, 0) is 6.61 Å². The van der Waals surface area contributed by atoms with Crippen molar-refractivity contribution in [1.82, 2.24) is 9.97 Å². The molecule has 9 nitrogen and oxygen atoms in total. The zero-order chi connectivity index (χ0) is 22.5. The molecule has 0 saturated heterocycles. The van der Waals surface area contributed by atoms with Crippen LogP contribution in [0, 0.1) is 15.9 Å². The van der Waals surface area contributed by atoms with Crippen molar-refractivity contribution in [1.29, 1.82) is 0 Å². The van der Waals surface area contributed by atoms with Crippen LogP contribution in [0.25, 0.3) is 12.2 Å². The van der Waals surface area contributed by atoms with Crippen LogP contribution >= 0.6 is 11.6 Å². The molecule has 0 radical (unpaired) electrons. The fourth-order valence-corrected chi connectivity index (χ4v) is 2.93. The van der Waals surface area contributed by atoms with Gasteiger partial charge in [-0.2, -0.15) is 0 Å². The number of halogens is 2. The monoisotopic (exact) mass is 447 g/mol. The third kappa shape index (κ3) is 4.98. The second-order valence-electron chi connectivity index (χ2n) is 6.16. The smallest absolute Gasteiger partial charge is 0.357 e. The van der Waals surface area contributed by atoms with Crippen LogP contribution in [0.3, 0.4) is 0 Å². The van der Waals surface area contributed by atoms with Gasteiger partial charge in [-0.05, 0) is 35.9 Å². The highest BCUT2D eigenvalue weighted by Gasteiger charge is 2.19. The Labute approximate surface area is 178 Å². The van der Waals surface area contributed by atoms with Gasteiger partial charge >= 0.3 is 16.9 Å². The highest BCUT2D eigenvalue weighted by atomic mass is 35.5. The molecule has 1 heterocycles. The summed E-state index contributed by atoms with van der Waals surface area (Å²) in [4.78, 5) is 37.4. The summed E-state index contributed by atoms with van der Waals surface area (Å²) in [5, 5.41) is 11.3. The third-order valence-corrected chi connectivity index (χ3v) is 4.55. The lowest BCUT2D eigenvalue weighted by atomic mass is 10.1. The maximum absolute atomic E-state index is 14.0. The van der Waals surface area contributed by atoms with Gasteiger partial charge in [-0.1, -0.05) is 29.8 Å². The Kier molecular flexibility index (Phi) is 6.51. The normalized spacial score (nSPS) is 10.9. The number of hydrogen-bond donors (Lipinski definition) is 2. The number of nitrogens with one attached hydrogen (secondary N) is 2. The summed E-state index contributed by atoms with van der Waals surface area (Å²) in [5.41, 5.74) is -2.38. The minimum absolute atomic E-state index is 0.165. The molecule has 1 aromatic heterocycles. The first-order valence-electron chi connectivity index (χ1n) is 8.73. The summed E-state index contributed by atoms with van der Waals surface area (Å²) in [6, 6.07) is 9.01. The van der Waals surface area contributed by atoms with Gasteiger partial charge < -0.3 is 14.5 Å². The number of nitro groups is 1. The Morgan fingerprint density at radius 3 is 2.61 bits per heavy atom. The second kappa shape index (κ2) is 9.26. The molecule has 0 spiro atoms. The van der Waals surface area contributed by atoms with Gasteiger partial charge in [0.2, 0.25) is 0 Å². The summed E-state index contributed by atoms with van der Waals surface area (Å²) >= 11 is 6.01. The van der Waals surface area contributed by atoms with E-state index in [4.69, 9.17) is 21.1 Å². The SMILES string of the molecule is COc1ccc(C=Cc2[nH]c(=O)[nH]c(=O)c2[N+](=O)[O-])cc1OCc1c(F)cccc1Cl. The molecule has 0 aliphatic carbocycles. The van der Waals surface area contributed by atoms with Crippen molar-refractivity contribution < 1.29 is 18.8 Å². The average Bonchev–Trinajstić information content (AvgIpc) is 2.71. The van der Waals surface area contributed by atoms with Gasteiger partial charge in [-0.25, -0.2) is 9.18 Å². The predicted molar refractivity (Wildman–Crippen MR) is 112 cm³/mol. The highest BCUT2D eigenvalue weighted by molar-refractivity contribution is 6.31. The molecule has 0 saturated carbocycles. The summed E-state index contributed by atoms with van der Waals surface area (Å²) in [6.45, 7) is -0.165. The zero-order valence-electron chi connectivity index (χ0n) is 16.0. The zero-order valence-corrected chi connectivity index (χ0v) is 16.7.